The number of methoxy groups -OCH3 is 1. The lowest BCUT2D eigenvalue weighted by atomic mass is 10.0. The van der Waals surface area contributed by atoms with Crippen LogP contribution in [0.4, 0.5) is 5.00 Å². The van der Waals surface area contributed by atoms with E-state index in [0.29, 0.717) is 21.7 Å². The summed E-state index contributed by atoms with van der Waals surface area (Å²) in [6.07, 6.45) is 3.10. The molecule has 3 aromatic rings. The summed E-state index contributed by atoms with van der Waals surface area (Å²) in [7, 11) is 1.30. The number of thiophene rings is 1. The number of nitrogens with zero attached hydrogens (tertiary/aromatic N) is 1. The molecule has 0 atom stereocenters. The number of carbonyl (C=O) groups excluding carboxylic acids is 3. The van der Waals surface area contributed by atoms with Gasteiger partial charge in [-0.3, -0.25) is 9.59 Å². The minimum Gasteiger partial charge on any atom is -0.465 e. The molecule has 0 unspecified atom stereocenters. The molecule has 0 spiro atoms. The van der Waals surface area contributed by atoms with E-state index in [1.165, 1.54) is 24.5 Å². The molecule has 7 heteroatoms. The summed E-state index contributed by atoms with van der Waals surface area (Å²) in [4.78, 5) is 41.3. The minimum atomic E-state index is -0.510. The first-order chi connectivity index (χ1) is 16.0. The average Bonchev–Trinajstić information content (AvgIpc) is 3.19. The van der Waals surface area contributed by atoms with Gasteiger partial charge in [-0.15, -0.1) is 11.3 Å². The van der Waals surface area contributed by atoms with Gasteiger partial charge in [0.15, 0.2) is 0 Å². The molecule has 0 saturated carbocycles. The molecule has 33 heavy (non-hydrogen) atoms. The molecule has 1 aliphatic rings. The fraction of sp³-hybridized carbons (Fsp3) is 0.269. The van der Waals surface area contributed by atoms with Crippen LogP contribution in [0.3, 0.4) is 0 Å². The van der Waals surface area contributed by atoms with E-state index in [2.05, 4.69) is 5.32 Å². The van der Waals surface area contributed by atoms with E-state index in [1.807, 2.05) is 42.2 Å². The highest BCUT2D eigenvalue weighted by molar-refractivity contribution is 7.20. The van der Waals surface area contributed by atoms with E-state index in [-0.39, 0.29) is 11.8 Å². The van der Waals surface area contributed by atoms with Gasteiger partial charge in [-0.1, -0.05) is 36.4 Å². The molecule has 2 heterocycles. The SMILES string of the molecule is COC(=O)c1cccc(C(=O)Nc2sc(-c3ccccc3)c(C)c2C(=O)N2CCCCC2)c1. The molecule has 0 aliphatic carbocycles. The summed E-state index contributed by atoms with van der Waals surface area (Å²) in [5.74, 6) is -0.942. The molecule has 1 fully saturated rings. The second-order valence-corrected chi connectivity index (χ2v) is 9.03. The predicted molar refractivity (Wildman–Crippen MR) is 130 cm³/mol. The van der Waals surface area contributed by atoms with Gasteiger partial charge in [-0.2, -0.15) is 0 Å². The Morgan fingerprint density at radius 1 is 0.939 bits per heavy atom. The first-order valence-corrected chi connectivity index (χ1v) is 11.8. The Hall–Kier alpha value is -3.45. The molecule has 1 N–H and O–H groups in total. The summed E-state index contributed by atoms with van der Waals surface area (Å²) in [5, 5.41) is 3.47. The van der Waals surface area contributed by atoms with E-state index in [9.17, 15) is 14.4 Å². The zero-order valence-electron chi connectivity index (χ0n) is 18.7. The van der Waals surface area contributed by atoms with Crippen LogP contribution in [0, 0.1) is 6.92 Å². The van der Waals surface area contributed by atoms with Crippen molar-refractivity contribution in [3.8, 4) is 10.4 Å². The molecule has 1 saturated heterocycles. The number of ether oxygens (including phenoxy) is 1. The van der Waals surface area contributed by atoms with Crippen LogP contribution in [0.1, 0.15) is 55.9 Å². The van der Waals surface area contributed by atoms with Gasteiger partial charge in [-0.25, -0.2) is 4.79 Å². The number of hydrogen-bond acceptors (Lipinski definition) is 5. The molecule has 1 aromatic heterocycles. The van der Waals surface area contributed by atoms with Crippen LogP contribution >= 0.6 is 11.3 Å². The van der Waals surface area contributed by atoms with Crippen LogP contribution in [-0.2, 0) is 4.74 Å². The number of piperidine rings is 1. The van der Waals surface area contributed by atoms with Gasteiger partial charge >= 0.3 is 5.97 Å². The maximum Gasteiger partial charge on any atom is 0.337 e. The zero-order chi connectivity index (χ0) is 23.4. The maximum absolute atomic E-state index is 13.5. The third-order valence-electron chi connectivity index (χ3n) is 5.81. The number of anilines is 1. The van der Waals surface area contributed by atoms with Gasteiger partial charge in [0.2, 0.25) is 0 Å². The van der Waals surface area contributed by atoms with Crippen LogP contribution in [0.25, 0.3) is 10.4 Å². The number of benzene rings is 2. The Balaban J connectivity index is 1.71. The Kier molecular flexibility index (Phi) is 6.89. The molecular formula is C26H26N2O4S. The lowest BCUT2D eigenvalue weighted by molar-refractivity contribution is 0.0600. The number of hydrogen-bond donors (Lipinski definition) is 1. The molecule has 170 valence electrons. The molecule has 0 bridgehead atoms. The minimum absolute atomic E-state index is 0.0516. The van der Waals surface area contributed by atoms with Gasteiger partial charge in [-0.05, 0) is 55.5 Å². The van der Waals surface area contributed by atoms with Crippen molar-refractivity contribution in [1.29, 1.82) is 0 Å². The third-order valence-corrected chi connectivity index (χ3v) is 7.07. The number of rotatable bonds is 5. The second kappa shape index (κ2) is 10.0. The quantitative estimate of drug-likeness (QED) is 0.516. The molecular weight excluding hydrogens is 436 g/mol. The molecule has 2 amide bonds. The van der Waals surface area contributed by atoms with E-state index < -0.39 is 5.97 Å². The Bertz CT molecular complexity index is 1180. The van der Waals surface area contributed by atoms with E-state index in [1.54, 1.807) is 18.2 Å². The van der Waals surface area contributed by atoms with Crippen molar-refractivity contribution in [2.24, 2.45) is 0 Å². The van der Waals surface area contributed by atoms with E-state index in [4.69, 9.17) is 4.74 Å². The second-order valence-electron chi connectivity index (χ2n) is 8.01. The molecule has 0 radical (unpaired) electrons. The lowest BCUT2D eigenvalue weighted by Crippen LogP contribution is -2.36. The summed E-state index contributed by atoms with van der Waals surface area (Å²) in [5.41, 5.74) is 3.02. The van der Waals surface area contributed by atoms with Crippen molar-refractivity contribution in [3.05, 3.63) is 76.9 Å². The lowest BCUT2D eigenvalue weighted by Gasteiger charge is -2.27. The highest BCUT2D eigenvalue weighted by Crippen LogP contribution is 2.41. The van der Waals surface area contributed by atoms with Crippen molar-refractivity contribution >= 4 is 34.1 Å². The standard InChI is InChI=1S/C26H26N2O4S/c1-17-21(25(30)28-14-7-4-8-15-28)24(33-22(17)18-10-5-3-6-11-18)27-23(29)19-12-9-13-20(16-19)26(31)32-2/h3,5-6,9-13,16H,4,7-8,14-15H2,1-2H3,(H,27,29). The molecule has 6 nitrogen and oxygen atoms in total. The number of amides is 2. The Morgan fingerprint density at radius 2 is 1.64 bits per heavy atom. The normalized spacial score (nSPS) is 13.5. The number of carbonyl (C=O) groups is 3. The maximum atomic E-state index is 13.5. The van der Waals surface area contributed by atoms with Crippen LogP contribution < -0.4 is 5.32 Å². The van der Waals surface area contributed by atoms with Crippen molar-refractivity contribution in [3.63, 3.8) is 0 Å². The Labute approximate surface area is 197 Å². The predicted octanol–water partition coefficient (Wildman–Crippen LogP) is 5.39. The van der Waals surface area contributed by atoms with Gasteiger partial charge in [0.1, 0.15) is 5.00 Å². The molecule has 4 rings (SSSR count). The van der Waals surface area contributed by atoms with Gasteiger partial charge < -0.3 is 15.0 Å². The van der Waals surface area contributed by atoms with E-state index in [0.717, 1.165) is 48.4 Å². The van der Waals surface area contributed by atoms with Crippen molar-refractivity contribution in [1.82, 2.24) is 4.90 Å². The van der Waals surface area contributed by atoms with Gasteiger partial charge in [0.05, 0.1) is 18.2 Å². The van der Waals surface area contributed by atoms with Crippen LogP contribution in [0.15, 0.2) is 54.6 Å². The summed E-state index contributed by atoms with van der Waals surface area (Å²) < 4.78 is 4.76. The first-order valence-electron chi connectivity index (χ1n) is 11.0. The smallest absolute Gasteiger partial charge is 0.337 e. The highest BCUT2D eigenvalue weighted by Gasteiger charge is 2.28. The number of likely N-dealkylation sites (tertiary alicyclic amines) is 1. The van der Waals surface area contributed by atoms with E-state index >= 15 is 0 Å². The summed E-state index contributed by atoms with van der Waals surface area (Å²) in [6, 6.07) is 16.2. The zero-order valence-corrected chi connectivity index (χ0v) is 19.5. The summed E-state index contributed by atoms with van der Waals surface area (Å²) >= 11 is 1.40. The van der Waals surface area contributed by atoms with Gasteiger partial charge in [0, 0.05) is 23.5 Å². The molecule has 2 aromatic carbocycles. The van der Waals surface area contributed by atoms with Crippen molar-refractivity contribution in [2.45, 2.75) is 26.2 Å². The highest BCUT2D eigenvalue weighted by atomic mass is 32.1. The van der Waals surface area contributed by atoms with Crippen LogP contribution in [0.2, 0.25) is 0 Å². The average molecular weight is 463 g/mol. The fourth-order valence-electron chi connectivity index (χ4n) is 4.06. The summed E-state index contributed by atoms with van der Waals surface area (Å²) in [6.45, 7) is 3.39. The topological polar surface area (TPSA) is 75.7 Å². The monoisotopic (exact) mass is 462 g/mol. The Morgan fingerprint density at radius 3 is 2.33 bits per heavy atom. The third kappa shape index (κ3) is 4.83. The van der Waals surface area contributed by atoms with Gasteiger partial charge in [0.25, 0.3) is 11.8 Å². The first kappa shape index (κ1) is 22.7. The number of nitrogens with one attached hydrogen (secondary N) is 1. The van der Waals surface area contributed by atoms with Crippen LogP contribution in [-0.4, -0.2) is 42.9 Å². The molecule has 1 aliphatic heterocycles. The van der Waals surface area contributed by atoms with Crippen molar-refractivity contribution in [2.75, 3.05) is 25.5 Å². The number of esters is 1. The fourth-order valence-corrected chi connectivity index (χ4v) is 5.26. The van der Waals surface area contributed by atoms with Crippen molar-refractivity contribution < 1.29 is 19.1 Å². The largest absolute Gasteiger partial charge is 0.465 e. The van der Waals surface area contributed by atoms with Crippen LogP contribution in [0.5, 0.6) is 0 Å².